The quantitative estimate of drug-likeness (QED) is 0.924. The Morgan fingerprint density at radius 2 is 2.00 bits per heavy atom. The van der Waals surface area contributed by atoms with E-state index >= 15 is 0 Å². The number of para-hydroxylation sites is 1. The van der Waals surface area contributed by atoms with Gasteiger partial charge in [0.25, 0.3) is 5.91 Å². The second kappa shape index (κ2) is 7.11. The molecule has 0 unspecified atom stereocenters. The average Bonchev–Trinajstić information content (AvgIpc) is 2.60. The zero-order chi connectivity index (χ0) is 16.1. The Balaban J connectivity index is 1.64. The minimum Gasteiger partial charge on any atom is -0.488 e. The van der Waals surface area contributed by atoms with E-state index in [-0.39, 0.29) is 5.91 Å². The van der Waals surface area contributed by atoms with Crippen molar-refractivity contribution in [2.45, 2.75) is 13.2 Å². The molecular weight excluding hydrogens is 290 g/mol. The van der Waals surface area contributed by atoms with Crippen LogP contribution in [0.15, 0.2) is 54.1 Å². The molecule has 3 rings (SSSR count). The van der Waals surface area contributed by atoms with Gasteiger partial charge in [-0.25, -0.2) is 0 Å². The molecule has 1 amide bonds. The van der Waals surface area contributed by atoms with Crippen LogP contribution in [0.3, 0.4) is 0 Å². The average molecular weight is 309 g/mol. The maximum atomic E-state index is 12.3. The van der Waals surface area contributed by atoms with Crippen LogP contribution in [0.1, 0.15) is 16.7 Å². The molecule has 0 bridgehead atoms. The van der Waals surface area contributed by atoms with Gasteiger partial charge in [0.05, 0.1) is 12.2 Å². The lowest BCUT2D eigenvalue weighted by atomic mass is 10.1. The van der Waals surface area contributed by atoms with Crippen molar-refractivity contribution in [3.8, 4) is 5.75 Å². The predicted molar refractivity (Wildman–Crippen MR) is 88.9 cm³/mol. The summed E-state index contributed by atoms with van der Waals surface area (Å²) in [5, 5.41) is 2.94. The van der Waals surface area contributed by atoms with Crippen LogP contribution in [0.2, 0.25) is 0 Å². The van der Waals surface area contributed by atoms with Gasteiger partial charge in [-0.1, -0.05) is 42.5 Å². The van der Waals surface area contributed by atoms with Gasteiger partial charge in [0, 0.05) is 19.2 Å². The van der Waals surface area contributed by atoms with Crippen LogP contribution in [0, 0.1) is 0 Å². The zero-order valence-electron chi connectivity index (χ0n) is 13.0. The molecule has 0 saturated carbocycles. The topological polar surface area (TPSA) is 47.6 Å². The van der Waals surface area contributed by atoms with Gasteiger partial charge in [-0.05, 0) is 23.3 Å². The van der Waals surface area contributed by atoms with Gasteiger partial charge >= 0.3 is 0 Å². The van der Waals surface area contributed by atoms with Crippen molar-refractivity contribution >= 4 is 12.0 Å². The fourth-order valence-corrected chi connectivity index (χ4v) is 2.54. The molecule has 2 aromatic carbocycles. The Labute approximate surface area is 135 Å². The van der Waals surface area contributed by atoms with Gasteiger partial charge < -0.3 is 14.8 Å². The van der Waals surface area contributed by atoms with E-state index in [1.54, 1.807) is 7.11 Å². The summed E-state index contributed by atoms with van der Waals surface area (Å²) in [4.78, 5) is 12.3. The summed E-state index contributed by atoms with van der Waals surface area (Å²) in [5.74, 6) is 0.716. The fourth-order valence-electron chi connectivity index (χ4n) is 2.54. The van der Waals surface area contributed by atoms with Crippen molar-refractivity contribution in [1.82, 2.24) is 5.32 Å². The van der Waals surface area contributed by atoms with E-state index < -0.39 is 0 Å². The predicted octanol–water partition coefficient (Wildman–Crippen LogP) is 2.93. The normalized spacial score (nSPS) is 12.8. The first kappa shape index (κ1) is 15.3. The van der Waals surface area contributed by atoms with Crippen molar-refractivity contribution < 1.29 is 14.3 Å². The monoisotopic (exact) mass is 309 g/mol. The molecule has 0 radical (unpaired) electrons. The van der Waals surface area contributed by atoms with Crippen LogP contribution in [0.25, 0.3) is 6.08 Å². The van der Waals surface area contributed by atoms with E-state index in [9.17, 15) is 4.79 Å². The van der Waals surface area contributed by atoms with Crippen LogP contribution in [-0.2, 0) is 22.7 Å². The minimum atomic E-state index is -0.100. The zero-order valence-corrected chi connectivity index (χ0v) is 13.0. The Hall–Kier alpha value is -2.59. The number of fused-ring (bicyclic) bond motifs is 1. The second-order valence-electron chi connectivity index (χ2n) is 5.43. The summed E-state index contributed by atoms with van der Waals surface area (Å²) < 4.78 is 10.7. The lowest BCUT2D eigenvalue weighted by molar-refractivity contribution is -0.117. The third-order valence-electron chi connectivity index (χ3n) is 3.68. The van der Waals surface area contributed by atoms with Gasteiger partial charge in [-0.15, -0.1) is 0 Å². The Bertz CT molecular complexity index is 737. The van der Waals surface area contributed by atoms with E-state index in [0.29, 0.717) is 25.3 Å². The Morgan fingerprint density at radius 1 is 1.17 bits per heavy atom. The molecule has 1 aliphatic rings. The molecule has 4 heteroatoms. The summed E-state index contributed by atoms with van der Waals surface area (Å²) in [6, 6.07) is 15.7. The van der Waals surface area contributed by atoms with Gasteiger partial charge in [0.1, 0.15) is 12.4 Å². The number of benzene rings is 2. The maximum Gasteiger partial charge on any atom is 0.250 e. The molecule has 2 aromatic rings. The van der Waals surface area contributed by atoms with Crippen LogP contribution < -0.4 is 10.1 Å². The maximum absolute atomic E-state index is 12.3. The molecular formula is C19H19NO3. The van der Waals surface area contributed by atoms with Gasteiger partial charge in [0.15, 0.2) is 0 Å². The van der Waals surface area contributed by atoms with Crippen LogP contribution >= 0.6 is 0 Å². The molecule has 1 aliphatic heterocycles. The molecule has 0 atom stereocenters. The number of hydrogen-bond acceptors (Lipinski definition) is 3. The molecule has 0 fully saturated rings. The van der Waals surface area contributed by atoms with Crippen LogP contribution in [0.5, 0.6) is 5.75 Å². The summed E-state index contributed by atoms with van der Waals surface area (Å²) in [5.41, 5.74) is 3.71. The lowest BCUT2D eigenvalue weighted by Gasteiger charge is -2.17. The van der Waals surface area contributed by atoms with Gasteiger partial charge in [0.2, 0.25) is 0 Å². The van der Waals surface area contributed by atoms with Crippen molar-refractivity contribution in [2.24, 2.45) is 0 Å². The van der Waals surface area contributed by atoms with E-state index in [0.717, 1.165) is 22.4 Å². The van der Waals surface area contributed by atoms with Crippen LogP contribution in [-0.4, -0.2) is 19.6 Å². The number of nitrogens with one attached hydrogen (secondary N) is 1. The molecule has 23 heavy (non-hydrogen) atoms. The summed E-state index contributed by atoms with van der Waals surface area (Å²) >= 11 is 0. The molecule has 118 valence electrons. The molecule has 0 saturated heterocycles. The Kier molecular flexibility index (Phi) is 4.74. The highest BCUT2D eigenvalue weighted by Crippen LogP contribution is 2.25. The molecule has 4 nitrogen and oxygen atoms in total. The van der Waals surface area contributed by atoms with E-state index in [1.807, 2.05) is 54.6 Å². The highest BCUT2D eigenvalue weighted by atomic mass is 16.5. The number of ether oxygens (including phenoxy) is 2. The highest BCUT2D eigenvalue weighted by molar-refractivity contribution is 5.99. The van der Waals surface area contributed by atoms with Crippen molar-refractivity contribution in [2.75, 3.05) is 13.7 Å². The smallest absolute Gasteiger partial charge is 0.250 e. The standard InChI is InChI=1S/C19H19NO3/c1-22-12-15-6-4-5-14(9-15)11-20-19(21)17-10-16-7-2-3-8-18(16)23-13-17/h2-10H,11-13H2,1H3,(H,20,21). The first-order valence-electron chi connectivity index (χ1n) is 7.53. The second-order valence-corrected chi connectivity index (χ2v) is 5.43. The third kappa shape index (κ3) is 3.79. The largest absolute Gasteiger partial charge is 0.488 e. The number of hydrogen-bond donors (Lipinski definition) is 1. The van der Waals surface area contributed by atoms with Crippen molar-refractivity contribution in [3.63, 3.8) is 0 Å². The van der Waals surface area contributed by atoms with Crippen molar-refractivity contribution in [1.29, 1.82) is 0 Å². The molecule has 0 aromatic heterocycles. The fraction of sp³-hybridized carbons (Fsp3) is 0.211. The third-order valence-corrected chi connectivity index (χ3v) is 3.68. The highest BCUT2D eigenvalue weighted by Gasteiger charge is 2.16. The summed E-state index contributed by atoms with van der Waals surface area (Å²) in [7, 11) is 1.67. The van der Waals surface area contributed by atoms with Gasteiger partial charge in [-0.3, -0.25) is 4.79 Å². The number of rotatable bonds is 5. The molecule has 1 heterocycles. The minimum absolute atomic E-state index is 0.100. The van der Waals surface area contributed by atoms with E-state index in [4.69, 9.17) is 9.47 Å². The van der Waals surface area contributed by atoms with Crippen LogP contribution in [0.4, 0.5) is 0 Å². The Morgan fingerprint density at radius 3 is 2.87 bits per heavy atom. The first-order valence-corrected chi connectivity index (χ1v) is 7.53. The SMILES string of the molecule is COCc1cccc(CNC(=O)C2=Cc3ccccc3OC2)c1. The number of carbonyl (C=O) groups is 1. The lowest BCUT2D eigenvalue weighted by Crippen LogP contribution is -2.28. The number of methoxy groups -OCH3 is 1. The summed E-state index contributed by atoms with van der Waals surface area (Å²) in [6.45, 7) is 1.35. The van der Waals surface area contributed by atoms with Gasteiger partial charge in [-0.2, -0.15) is 0 Å². The van der Waals surface area contributed by atoms with Crippen molar-refractivity contribution in [3.05, 3.63) is 70.8 Å². The molecule has 0 aliphatic carbocycles. The summed E-state index contributed by atoms with van der Waals surface area (Å²) in [6.07, 6.45) is 1.88. The van der Waals surface area contributed by atoms with E-state index in [1.165, 1.54) is 0 Å². The number of carbonyl (C=O) groups excluding carboxylic acids is 1. The first-order chi connectivity index (χ1) is 11.3. The number of amides is 1. The molecule has 1 N–H and O–H groups in total. The molecule has 0 spiro atoms. The van der Waals surface area contributed by atoms with E-state index in [2.05, 4.69) is 5.32 Å².